The Morgan fingerprint density at radius 1 is 1.11 bits per heavy atom. The van der Waals surface area contributed by atoms with Crippen LogP contribution in [0.15, 0.2) is 29.1 Å². The molecule has 1 aliphatic carbocycles. The molecule has 1 N–H and O–H groups in total. The van der Waals surface area contributed by atoms with Gasteiger partial charge in [-0.3, -0.25) is 14.5 Å². The fraction of sp³-hybridized carbons (Fsp3) is 0.417. The maximum atomic E-state index is 15.0. The molecule has 2 aromatic heterocycles. The van der Waals surface area contributed by atoms with Crippen LogP contribution in [0, 0.1) is 11.8 Å². The second-order valence-electron chi connectivity index (χ2n) is 9.10. The van der Waals surface area contributed by atoms with E-state index in [-0.39, 0.29) is 40.8 Å². The summed E-state index contributed by atoms with van der Waals surface area (Å²) in [5.41, 5.74) is -1.67. The second-order valence-corrected chi connectivity index (χ2v) is 9.10. The van der Waals surface area contributed by atoms with Gasteiger partial charge in [-0.05, 0) is 31.0 Å². The summed E-state index contributed by atoms with van der Waals surface area (Å²) in [7, 11) is 1.69. The number of benzene rings is 1. The standard InChI is InChI=1S/C24H24F4N6O2/c1-32(14-3-4-14)24(36)16-6-7-17(22(28)30-16)34-10-8-33(9-11-34)12-13-2-5-15-19(18(13)25)31-23(35)20(29-15)21(26)27/h2,5-7,14,21H,3-4,8-12H2,1H3,(H,31,35). The summed E-state index contributed by atoms with van der Waals surface area (Å²) in [5.74, 6) is -1.72. The van der Waals surface area contributed by atoms with Crippen LogP contribution in [0.5, 0.6) is 0 Å². The van der Waals surface area contributed by atoms with Gasteiger partial charge >= 0.3 is 0 Å². The SMILES string of the molecule is CN(C(=O)c1ccc(N2CCN(Cc3ccc4nc(C(F)F)c(=O)[nH]c4c3F)CC2)c(F)n1)C1CC1. The van der Waals surface area contributed by atoms with Crippen LogP contribution in [0.1, 0.15) is 41.0 Å². The van der Waals surface area contributed by atoms with Crippen LogP contribution in [0.2, 0.25) is 0 Å². The molecule has 1 saturated heterocycles. The zero-order valence-electron chi connectivity index (χ0n) is 19.5. The van der Waals surface area contributed by atoms with Crippen LogP contribution in [-0.4, -0.2) is 69.9 Å². The van der Waals surface area contributed by atoms with Gasteiger partial charge in [0, 0.05) is 51.4 Å². The molecule has 2 aliphatic rings. The first kappa shape index (κ1) is 24.2. The van der Waals surface area contributed by atoms with Gasteiger partial charge in [-0.2, -0.15) is 4.39 Å². The monoisotopic (exact) mass is 504 g/mol. The third-order valence-corrected chi connectivity index (χ3v) is 6.69. The number of hydrogen-bond acceptors (Lipinski definition) is 6. The number of H-pyrrole nitrogens is 1. The van der Waals surface area contributed by atoms with E-state index in [0.717, 1.165) is 12.8 Å². The zero-order chi connectivity index (χ0) is 25.6. The Morgan fingerprint density at radius 3 is 2.47 bits per heavy atom. The Balaban J connectivity index is 1.25. The van der Waals surface area contributed by atoms with Crippen molar-refractivity contribution in [3.05, 3.63) is 63.3 Å². The van der Waals surface area contributed by atoms with Crippen molar-refractivity contribution in [2.45, 2.75) is 31.9 Å². The minimum absolute atomic E-state index is 0.0517. The highest BCUT2D eigenvalue weighted by Crippen LogP contribution is 2.27. The number of amides is 1. The molecule has 1 aromatic carbocycles. The van der Waals surface area contributed by atoms with Crippen molar-refractivity contribution in [3.63, 3.8) is 0 Å². The largest absolute Gasteiger partial charge is 0.365 e. The van der Waals surface area contributed by atoms with E-state index in [2.05, 4.69) is 15.0 Å². The molecule has 2 fully saturated rings. The molecule has 8 nitrogen and oxygen atoms in total. The molecule has 0 bridgehead atoms. The summed E-state index contributed by atoms with van der Waals surface area (Å²) in [5, 5.41) is 0. The number of fused-ring (bicyclic) bond motifs is 1. The van der Waals surface area contributed by atoms with Crippen LogP contribution >= 0.6 is 0 Å². The average Bonchev–Trinajstić information content (AvgIpc) is 3.71. The molecule has 1 aliphatic heterocycles. The van der Waals surface area contributed by atoms with E-state index in [1.54, 1.807) is 18.0 Å². The van der Waals surface area contributed by atoms with E-state index in [0.29, 0.717) is 31.9 Å². The summed E-state index contributed by atoms with van der Waals surface area (Å²) in [6.45, 7) is 2.14. The van der Waals surface area contributed by atoms with E-state index in [1.165, 1.54) is 18.2 Å². The van der Waals surface area contributed by atoms with Crippen molar-refractivity contribution in [2.24, 2.45) is 0 Å². The van der Waals surface area contributed by atoms with Crippen molar-refractivity contribution in [2.75, 3.05) is 38.1 Å². The topological polar surface area (TPSA) is 85.4 Å². The van der Waals surface area contributed by atoms with Crippen molar-refractivity contribution >= 4 is 22.6 Å². The summed E-state index contributed by atoms with van der Waals surface area (Å²) in [6.07, 6.45) is -1.16. The number of rotatable bonds is 6. The zero-order valence-corrected chi connectivity index (χ0v) is 19.5. The number of halogens is 4. The summed E-state index contributed by atoms with van der Waals surface area (Å²) >= 11 is 0. The fourth-order valence-electron chi connectivity index (χ4n) is 4.43. The average molecular weight is 504 g/mol. The van der Waals surface area contributed by atoms with Gasteiger partial charge in [-0.15, -0.1) is 0 Å². The number of alkyl halides is 2. The van der Waals surface area contributed by atoms with E-state index < -0.39 is 29.4 Å². The van der Waals surface area contributed by atoms with Crippen molar-refractivity contribution < 1.29 is 22.4 Å². The molecule has 36 heavy (non-hydrogen) atoms. The van der Waals surface area contributed by atoms with Crippen molar-refractivity contribution in [1.82, 2.24) is 24.8 Å². The Bertz CT molecular complexity index is 1370. The van der Waals surface area contributed by atoms with Gasteiger partial charge < -0.3 is 14.8 Å². The molecule has 5 rings (SSSR count). The maximum absolute atomic E-state index is 15.0. The number of carbonyl (C=O) groups excluding carboxylic acids is 1. The summed E-state index contributed by atoms with van der Waals surface area (Å²) in [6, 6.07) is 6.16. The summed E-state index contributed by atoms with van der Waals surface area (Å²) in [4.78, 5) is 39.3. The Labute approximate surface area is 203 Å². The van der Waals surface area contributed by atoms with Crippen LogP contribution in [-0.2, 0) is 6.54 Å². The Morgan fingerprint density at radius 2 is 1.83 bits per heavy atom. The van der Waals surface area contributed by atoms with Crippen LogP contribution in [0.3, 0.4) is 0 Å². The third-order valence-electron chi connectivity index (χ3n) is 6.69. The number of aromatic amines is 1. The molecule has 1 amide bonds. The van der Waals surface area contributed by atoms with Crippen molar-refractivity contribution in [3.8, 4) is 0 Å². The summed E-state index contributed by atoms with van der Waals surface area (Å²) < 4.78 is 55.6. The third kappa shape index (κ3) is 4.64. The van der Waals surface area contributed by atoms with Gasteiger partial charge in [-0.1, -0.05) is 6.07 Å². The van der Waals surface area contributed by atoms with Crippen LogP contribution in [0.4, 0.5) is 23.2 Å². The molecule has 190 valence electrons. The lowest BCUT2D eigenvalue weighted by Gasteiger charge is -2.36. The smallest absolute Gasteiger partial charge is 0.285 e. The highest BCUT2D eigenvalue weighted by molar-refractivity contribution is 5.92. The van der Waals surface area contributed by atoms with E-state index in [1.807, 2.05) is 9.80 Å². The Hall–Kier alpha value is -3.54. The number of anilines is 1. The molecule has 12 heteroatoms. The predicted molar refractivity (Wildman–Crippen MR) is 124 cm³/mol. The van der Waals surface area contributed by atoms with Gasteiger partial charge in [0.2, 0.25) is 5.95 Å². The van der Waals surface area contributed by atoms with Crippen LogP contribution in [0.25, 0.3) is 11.0 Å². The first-order chi connectivity index (χ1) is 17.2. The van der Waals surface area contributed by atoms with Gasteiger partial charge in [0.1, 0.15) is 11.2 Å². The molecule has 3 heterocycles. The molecule has 1 saturated carbocycles. The van der Waals surface area contributed by atoms with Gasteiger partial charge in [-0.25, -0.2) is 23.1 Å². The maximum Gasteiger partial charge on any atom is 0.285 e. The molecule has 0 atom stereocenters. The Kier molecular flexibility index (Phi) is 6.37. The minimum Gasteiger partial charge on any atom is -0.365 e. The van der Waals surface area contributed by atoms with Crippen LogP contribution < -0.4 is 10.5 Å². The van der Waals surface area contributed by atoms with E-state index in [4.69, 9.17) is 0 Å². The predicted octanol–water partition coefficient (Wildman–Crippen LogP) is 3.09. The lowest BCUT2D eigenvalue weighted by atomic mass is 10.1. The number of hydrogen-bond donors (Lipinski definition) is 1. The molecule has 0 unspecified atom stereocenters. The second kappa shape index (κ2) is 9.49. The number of pyridine rings is 1. The van der Waals surface area contributed by atoms with Gasteiger partial charge in [0.05, 0.1) is 11.2 Å². The number of nitrogens with zero attached hydrogens (tertiary/aromatic N) is 5. The number of piperazine rings is 1. The lowest BCUT2D eigenvalue weighted by Crippen LogP contribution is -2.46. The minimum atomic E-state index is -3.06. The number of nitrogens with one attached hydrogen (secondary N) is 1. The van der Waals surface area contributed by atoms with E-state index in [9.17, 15) is 22.8 Å². The molecular formula is C24H24F4N6O2. The molecule has 3 aromatic rings. The van der Waals surface area contributed by atoms with Gasteiger partial charge in [0.15, 0.2) is 11.5 Å². The normalized spacial score (nSPS) is 16.7. The van der Waals surface area contributed by atoms with Crippen molar-refractivity contribution in [1.29, 1.82) is 0 Å². The quantitative estimate of drug-likeness (QED) is 0.410. The highest BCUT2D eigenvalue weighted by atomic mass is 19.3. The van der Waals surface area contributed by atoms with E-state index >= 15 is 4.39 Å². The molecular weight excluding hydrogens is 480 g/mol. The molecule has 0 spiro atoms. The van der Waals surface area contributed by atoms with Gasteiger partial charge in [0.25, 0.3) is 17.9 Å². The number of carbonyl (C=O) groups is 1. The first-order valence-corrected chi connectivity index (χ1v) is 11.6. The fourth-order valence-corrected chi connectivity index (χ4v) is 4.43. The lowest BCUT2D eigenvalue weighted by molar-refractivity contribution is 0.0778. The molecule has 0 radical (unpaired) electrons. The number of aromatic nitrogens is 3. The first-order valence-electron chi connectivity index (χ1n) is 11.6. The highest BCUT2D eigenvalue weighted by Gasteiger charge is 2.31.